The van der Waals surface area contributed by atoms with Crippen molar-refractivity contribution < 1.29 is 19.5 Å². The summed E-state index contributed by atoms with van der Waals surface area (Å²) >= 11 is 0. The fourth-order valence-corrected chi connectivity index (χ4v) is 6.92. The Bertz CT molecular complexity index is 1210. The van der Waals surface area contributed by atoms with Crippen LogP contribution in [0.1, 0.15) is 47.8 Å². The Kier molecular flexibility index (Phi) is 5.94. The standard InChI is InChI=1S/C27H35N5O4/c1-17-22(18(2)31(4)29-17)23-20(12-21(33)30(23)3)13-28-24(34)26-10-11-27(26,25(35)36)16-32(15-26)14-19-8-6-5-7-9-19/h5-9,20,23H,10-16H2,1-4H3,(H,28,34)(H,35,36)/t20-,23+,26-,27+/m1/s1. The number of carboxylic acids is 1. The molecule has 3 fully saturated rings. The van der Waals surface area contributed by atoms with Crippen LogP contribution in [0.5, 0.6) is 0 Å². The predicted octanol–water partition coefficient (Wildman–Crippen LogP) is 2.04. The molecule has 1 aliphatic carbocycles. The Labute approximate surface area is 211 Å². The minimum atomic E-state index is -1.07. The van der Waals surface area contributed by atoms with Gasteiger partial charge < -0.3 is 15.3 Å². The van der Waals surface area contributed by atoms with E-state index < -0.39 is 16.8 Å². The lowest BCUT2D eigenvalue weighted by molar-refractivity contribution is -0.174. The van der Waals surface area contributed by atoms with Gasteiger partial charge in [-0.25, -0.2) is 0 Å². The summed E-state index contributed by atoms with van der Waals surface area (Å²) < 4.78 is 1.82. The second kappa shape index (κ2) is 8.73. The predicted molar refractivity (Wildman–Crippen MR) is 133 cm³/mol. The molecule has 5 rings (SSSR count). The number of hydrogen-bond acceptors (Lipinski definition) is 5. The Balaban J connectivity index is 1.35. The lowest BCUT2D eigenvalue weighted by Crippen LogP contribution is -2.62. The fourth-order valence-electron chi connectivity index (χ4n) is 6.92. The SMILES string of the molecule is Cc1nn(C)c(C)c1[C@@H]1[C@@H](CNC(=O)[C@]23CC[C@@]2(C(=O)O)CN(Cc2ccccc2)C3)CC(=O)N1C. The number of benzene rings is 1. The van der Waals surface area contributed by atoms with Crippen LogP contribution in [0.4, 0.5) is 0 Å². The molecule has 3 aliphatic rings. The molecule has 192 valence electrons. The number of carboxylic acid groups (broad SMARTS) is 1. The third-order valence-electron chi connectivity index (χ3n) is 9.05. The maximum absolute atomic E-state index is 13.7. The first kappa shape index (κ1) is 24.5. The van der Waals surface area contributed by atoms with Gasteiger partial charge in [0.1, 0.15) is 0 Å². The van der Waals surface area contributed by atoms with E-state index in [0.29, 0.717) is 45.4 Å². The minimum absolute atomic E-state index is 0.0403. The summed E-state index contributed by atoms with van der Waals surface area (Å²) in [4.78, 5) is 42.8. The van der Waals surface area contributed by atoms with Crippen LogP contribution < -0.4 is 5.32 Å². The Morgan fingerprint density at radius 3 is 2.36 bits per heavy atom. The molecule has 2 aromatic rings. The molecule has 0 radical (unpaired) electrons. The number of likely N-dealkylation sites (tertiary alicyclic amines) is 2. The van der Waals surface area contributed by atoms with Crippen LogP contribution >= 0.6 is 0 Å². The molecule has 4 atom stereocenters. The van der Waals surface area contributed by atoms with Crippen molar-refractivity contribution >= 4 is 17.8 Å². The summed E-state index contributed by atoms with van der Waals surface area (Å²) in [6.07, 6.45) is 1.40. The summed E-state index contributed by atoms with van der Waals surface area (Å²) in [5.74, 6) is -1.16. The molecule has 2 amide bonds. The van der Waals surface area contributed by atoms with Gasteiger partial charge in [-0.3, -0.25) is 24.0 Å². The number of fused-ring (bicyclic) bond motifs is 1. The van der Waals surface area contributed by atoms with Crippen LogP contribution in [0.25, 0.3) is 0 Å². The van der Waals surface area contributed by atoms with Gasteiger partial charge in [-0.05, 0) is 32.3 Å². The smallest absolute Gasteiger partial charge is 0.312 e. The molecule has 2 aliphatic heterocycles. The van der Waals surface area contributed by atoms with Gasteiger partial charge in [0.05, 0.1) is 22.6 Å². The number of carbonyl (C=O) groups excluding carboxylic acids is 2. The Morgan fingerprint density at radius 1 is 1.11 bits per heavy atom. The van der Waals surface area contributed by atoms with E-state index in [2.05, 4.69) is 15.3 Å². The first-order valence-corrected chi connectivity index (χ1v) is 12.6. The van der Waals surface area contributed by atoms with Gasteiger partial charge in [-0.1, -0.05) is 30.3 Å². The van der Waals surface area contributed by atoms with E-state index in [1.165, 1.54) is 0 Å². The van der Waals surface area contributed by atoms with Gasteiger partial charge >= 0.3 is 5.97 Å². The van der Waals surface area contributed by atoms with Crippen LogP contribution in [0.3, 0.4) is 0 Å². The van der Waals surface area contributed by atoms with Crippen molar-refractivity contribution in [2.45, 2.75) is 45.7 Å². The van der Waals surface area contributed by atoms with Crippen molar-refractivity contribution in [1.29, 1.82) is 0 Å². The van der Waals surface area contributed by atoms with E-state index in [1.807, 2.05) is 55.9 Å². The molecule has 0 bridgehead atoms. The summed E-state index contributed by atoms with van der Waals surface area (Å²) in [7, 11) is 3.70. The molecular weight excluding hydrogens is 458 g/mol. The summed E-state index contributed by atoms with van der Waals surface area (Å²) in [6, 6.07) is 9.77. The quantitative estimate of drug-likeness (QED) is 0.611. The zero-order valence-electron chi connectivity index (χ0n) is 21.5. The number of rotatable bonds is 7. The highest BCUT2D eigenvalue weighted by molar-refractivity contribution is 5.94. The Hall–Kier alpha value is -3.20. The number of aromatic nitrogens is 2. The monoisotopic (exact) mass is 493 g/mol. The minimum Gasteiger partial charge on any atom is -0.481 e. The lowest BCUT2D eigenvalue weighted by Gasteiger charge is -2.50. The number of nitrogens with one attached hydrogen (secondary N) is 1. The molecule has 2 N–H and O–H groups in total. The number of hydrogen-bond donors (Lipinski definition) is 2. The molecule has 0 spiro atoms. The van der Waals surface area contributed by atoms with Crippen LogP contribution in [0.15, 0.2) is 30.3 Å². The maximum atomic E-state index is 13.7. The van der Waals surface area contributed by atoms with Crippen molar-refractivity contribution in [2.24, 2.45) is 23.8 Å². The lowest BCUT2D eigenvalue weighted by atomic mass is 9.50. The number of nitrogens with zero attached hydrogens (tertiary/aromatic N) is 4. The molecule has 9 nitrogen and oxygen atoms in total. The van der Waals surface area contributed by atoms with Gasteiger partial charge in [-0.15, -0.1) is 0 Å². The molecule has 36 heavy (non-hydrogen) atoms. The van der Waals surface area contributed by atoms with Gasteiger partial charge in [0.2, 0.25) is 11.8 Å². The fraction of sp³-hybridized carbons (Fsp3) is 0.556. The van der Waals surface area contributed by atoms with E-state index in [-0.39, 0.29) is 23.8 Å². The molecule has 3 heterocycles. The van der Waals surface area contributed by atoms with Crippen molar-refractivity contribution in [3.05, 3.63) is 52.8 Å². The van der Waals surface area contributed by atoms with Crippen LogP contribution in [0, 0.1) is 30.6 Å². The molecule has 1 saturated carbocycles. The average Bonchev–Trinajstić information content (AvgIpc) is 3.34. The van der Waals surface area contributed by atoms with E-state index >= 15 is 0 Å². The van der Waals surface area contributed by atoms with Gasteiger partial charge in [0.15, 0.2) is 0 Å². The number of carbonyl (C=O) groups is 3. The number of amides is 2. The van der Waals surface area contributed by atoms with E-state index in [0.717, 1.165) is 22.5 Å². The second-order valence-electron chi connectivity index (χ2n) is 10.9. The molecule has 0 unspecified atom stereocenters. The third kappa shape index (κ3) is 3.55. The van der Waals surface area contributed by atoms with Gasteiger partial charge in [0.25, 0.3) is 0 Å². The maximum Gasteiger partial charge on any atom is 0.312 e. The van der Waals surface area contributed by atoms with Crippen molar-refractivity contribution in [1.82, 2.24) is 24.9 Å². The van der Waals surface area contributed by atoms with Crippen molar-refractivity contribution in [2.75, 3.05) is 26.7 Å². The van der Waals surface area contributed by atoms with E-state index in [9.17, 15) is 19.5 Å². The molecule has 2 saturated heterocycles. The first-order chi connectivity index (χ1) is 17.1. The highest BCUT2D eigenvalue weighted by atomic mass is 16.4. The zero-order valence-corrected chi connectivity index (χ0v) is 21.5. The first-order valence-electron chi connectivity index (χ1n) is 12.6. The van der Waals surface area contributed by atoms with E-state index in [4.69, 9.17) is 0 Å². The number of aliphatic carboxylic acids is 1. The van der Waals surface area contributed by atoms with Crippen LogP contribution in [0.2, 0.25) is 0 Å². The third-order valence-corrected chi connectivity index (χ3v) is 9.05. The number of aryl methyl sites for hydroxylation is 2. The van der Waals surface area contributed by atoms with Crippen LogP contribution in [-0.2, 0) is 28.0 Å². The molecular formula is C27H35N5O4. The highest BCUT2D eigenvalue weighted by Crippen LogP contribution is 2.62. The summed E-state index contributed by atoms with van der Waals surface area (Å²) in [5, 5.41) is 17.9. The normalized spacial score (nSPS) is 29.8. The average molecular weight is 494 g/mol. The van der Waals surface area contributed by atoms with Gasteiger partial charge in [0, 0.05) is 63.9 Å². The topological polar surface area (TPSA) is 108 Å². The van der Waals surface area contributed by atoms with E-state index in [1.54, 1.807) is 11.9 Å². The second-order valence-corrected chi connectivity index (χ2v) is 10.9. The van der Waals surface area contributed by atoms with Crippen molar-refractivity contribution in [3.63, 3.8) is 0 Å². The highest BCUT2D eigenvalue weighted by Gasteiger charge is 2.72. The van der Waals surface area contributed by atoms with Crippen LogP contribution in [-0.4, -0.2) is 69.2 Å². The molecule has 1 aromatic carbocycles. The van der Waals surface area contributed by atoms with Gasteiger partial charge in [-0.2, -0.15) is 5.10 Å². The Morgan fingerprint density at radius 2 is 1.78 bits per heavy atom. The van der Waals surface area contributed by atoms with Crippen molar-refractivity contribution in [3.8, 4) is 0 Å². The molecule has 9 heteroatoms. The zero-order chi connectivity index (χ0) is 25.8. The molecule has 1 aromatic heterocycles. The summed E-state index contributed by atoms with van der Waals surface area (Å²) in [6.45, 7) is 5.68. The largest absolute Gasteiger partial charge is 0.481 e. The summed E-state index contributed by atoms with van der Waals surface area (Å²) in [5.41, 5.74) is 2.01.